The largest absolute Gasteiger partial charge is 1.00 e. The van der Waals surface area contributed by atoms with Gasteiger partial charge < -0.3 is 50.1 Å². The summed E-state index contributed by atoms with van der Waals surface area (Å²) in [5, 5.41) is 31.1. The summed E-state index contributed by atoms with van der Waals surface area (Å²) < 4.78 is 11.9. The number of carbonyl (C=O) groups excluding carboxylic acids is 6. The Morgan fingerprint density at radius 3 is 1.57 bits per heavy atom. The van der Waals surface area contributed by atoms with Crippen molar-refractivity contribution in [3.63, 3.8) is 0 Å². The first-order valence-corrected chi connectivity index (χ1v) is 9.64. The fourth-order valence-electron chi connectivity index (χ4n) is 2.77. The van der Waals surface area contributed by atoms with Gasteiger partial charge in [0.15, 0.2) is 5.60 Å². The van der Waals surface area contributed by atoms with Crippen LogP contribution < -0.4 is 69.3 Å². The third-order valence-electron chi connectivity index (χ3n) is 4.32. The Hall–Kier alpha value is -1.88. The molecular weight excluding hydrogens is 522 g/mol. The number of benzene rings is 1. The molecule has 1 rings (SSSR count). The Labute approximate surface area is 255 Å². The zero-order valence-electron chi connectivity index (χ0n) is 21.0. The van der Waals surface area contributed by atoms with E-state index in [9.17, 15) is 44.1 Å². The minimum atomic E-state index is -3.18. The van der Waals surface area contributed by atoms with E-state index in [0.29, 0.717) is 11.5 Å². The second-order valence-electron chi connectivity index (χ2n) is 7.60. The molecule has 14 nitrogen and oxygen atoms in total. The van der Waals surface area contributed by atoms with E-state index in [0.717, 1.165) is 12.0 Å². The van der Waals surface area contributed by atoms with E-state index in [1.54, 1.807) is 24.3 Å². The standard InChI is InChI=1S/C21H24O12.2Na.2H2O/c1-11(2)8-13-4-6-14(7-5-13)12(3)17(24)33-18(25)21(30,9-15(22)31-19(26)27)10-16(23)32-20(28)29;;;;/h4-7,11-12,30H,8-10H2,1-3H3,(H,26,27)(H,28,29);;;2*1H2/q;2*+1;;/p-2. The van der Waals surface area contributed by atoms with E-state index >= 15 is 0 Å². The van der Waals surface area contributed by atoms with Gasteiger partial charge >= 0.3 is 71.1 Å². The van der Waals surface area contributed by atoms with Crippen molar-refractivity contribution in [3.05, 3.63) is 35.4 Å². The number of carboxylic acid groups (broad SMARTS) is 2. The summed E-state index contributed by atoms with van der Waals surface area (Å²) in [6.45, 7) is 5.46. The van der Waals surface area contributed by atoms with Gasteiger partial charge in [-0.3, -0.25) is 14.4 Å². The van der Waals surface area contributed by atoms with Crippen LogP contribution in [0, 0.1) is 5.92 Å². The van der Waals surface area contributed by atoms with Gasteiger partial charge in [-0.2, -0.15) is 0 Å². The summed E-state index contributed by atoms with van der Waals surface area (Å²) >= 11 is 0. The average Bonchev–Trinajstić information content (AvgIpc) is 2.65. The molecule has 196 valence electrons. The van der Waals surface area contributed by atoms with Crippen molar-refractivity contribution in [2.24, 2.45) is 5.92 Å². The van der Waals surface area contributed by atoms with Crippen LogP contribution in [0.25, 0.3) is 0 Å². The van der Waals surface area contributed by atoms with E-state index < -0.39 is 60.5 Å². The van der Waals surface area contributed by atoms with Gasteiger partial charge in [0.2, 0.25) is 11.9 Å². The maximum atomic E-state index is 12.4. The van der Waals surface area contributed by atoms with Gasteiger partial charge in [0.25, 0.3) is 12.3 Å². The molecule has 0 amide bonds. The van der Waals surface area contributed by atoms with E-state index in [1.165, 1.54) is 6.92 Å². The van der Waals surface area contributed by atoms with Crippen molar-refractivity contribution in [1.82, 2.24) is 0 Å². The van der Waals surface area contributed by atoms with Crippen LogP contribution in [-0.4, -0.2) is 57.8 Å². The number of ether oxygens (including phenoxy) is 3. The number of esters is 4. The third-order valence-corrected chi connectivity index (χ3v) is 4.32. The minimum absolute atomic E-state index is 0. The summed E-state index contributed by atoms with van der Waals surface area (Å²) in [6.07, 6.45) is -6.83. The van der Waals surface area contributed by atoms with Gasteiger partial charge in [0, 0.05) is 0 Å². The topological polar surface area (TPSA) is 259 Å². The van der Waals surface area contributed by atoms with Gasteiger partial charge in [-0.05, 0) is 30.4 Å². The predicted molar refractivity (Wildman–Crippen MR) is 109 cm³/mol. The van der Waals surface area contributed by atoms with Gasteiger partial charge in [0.05, 0.1) is 18.8 Å². The van der Waals surface area contributed by atoms with Crippen LogP contribution in [0.3, 0.4) is 0 Å². The molecule has 5 N–H and O–H groups in total. The molecule has 1 aromatic rings. The van der Waals surface area contributed by atoms with E-state index in [-0.39, 0.29) is 70.1 Å². The summed E-state index contributed by atoms with van der Waals surface area (Å²) in [5.74, 6) is -7.09. The van der Waals surface area contributed by atoms with Crippen molar-refractivity contribution in [1.29, 1.82) is 0 Å². The monoisotopic (exact) mass is 548 g/mol. The zero-order valence-corrected chi connectivity index (χ0v) is 25.0. The third kappa shape index (κ3) is 15.2. The minimum Gasteiger partial charge on any atom is -0.484 e. The maximum absolute atomic E-state index is 12.4. The molecule has 37 heavy (non-hydrogen) atoms. The van der Waals surface area contributed by atoms with E-state index in [1.807, 2.05) is 13.8 Å². The van der Waals surface area contributed by atoms with Crippen molar-refractivity contribution >= 4 is 36.2 Å². The Morgan fingerprint density at radius 1 is 0.811 bits per heavy atom. The quantitative estimate of drug-likeness (QED) is 0.131. The van der Waals surface area contributed by atoms with E-state index in [4.69, 9.17) is 0 Å². The molecule has 0 saturated heterocycles. The molecule has 0 heterocycles. The van der Waals surface area contributed by atoms with Crippen molar-refractivity contribution in [3.8, 4) is 0 Å². The normalized spacial score (nSPS) is 10.6. The molecule has 0 fully saturated rings. The number of hydrogen-bond donors (Lipinski definition) is 1. The molecule has 0 aromatic heterocycles. The molecule has 16 heteroatoms. The van der Waals surface area contributed by atoms with Gasteiger partial charge in [-0.1, -0.05) is 38.1 Å². The Kier molecular flexibility index (Phi) is 21.9. The van der Waals surface area contributed by atoms with Crippen LogP contribution in [0.2, 0.25) is 0 Å². The van der Waals surface area contributed by atoms with Crippen molar-refractivity contribution in [2.45, 2.75) is 51.6 Å². The molecular formula is C21H26Na2O14. The second-order valence-corrected chi connectivity index (χ2v) is 7.60. The molecule has 1 unspecified atom stereocenters. The van der Waals surface area contributed by atoms with Crippen molar-refractivity contribution < 1.29 is 128 Å². The molecule has 0 aliphatic rings. The first-order valence-electron chi connectivity index (χ1n) is 9.64. The van der Waals surface area contributed by atoms with Crippen molar-refractivity contribution in [2.75, 3.05) is 0 Å². The Balaban J connectivity index is -0.00000136. The smallest absolute Gasteiger partial charge is 0.484 e. The number of hydrogen-bond acceptors (Lipinski definition) is 12. The maximum Gasteiger partial charge on any atom is 1.00 e. The van der Waals surface area contributed by atoms with Crippen LogP contribution in [-0.2, 0) is 39.8 Å². The number of aliphatic hydroxyl groups is 1. The molecule has 0 saturated carbocycles. The molecule has 0 aliphatic carbocycles. The van der Waals surface area contributed by atoms with Gasteiger partial charge in [0.1, 0.15) is 0 Å². The molecule has 1 atom stereocenters. The first-order chi connectivity index (χ1) is 15.2. The Morgan fingerprint density at radius 2 is 1.22 bits per heavy atom. The molecule has 0 aliphatic heterocycles. The predicted octanol–water partition coefficient (Wildman–Crippen LogP) is -8.30. The van der Waals surface area contributed by atoms with Crippen LogP contribution >= 0.6 is 0 Å². The average molecular weight is 548 g/mol. The summed E-state index contributed by atoms with van der Waals surface area (Å²) in [6, 6.07) is 6.83. The van der Waals surface area contributed by atoms with Gasteiger partial charge in [-0.25, -0.2) is 4.79 Å². The fraction of sp³-hybridized carbons (Fsp3) is 0.429. The van der Waals surface area contributed by atoms with Crippen LogP contribution in [0.5, 0.6) is 0 Å². The molecule has 1 aromatic carbocycles. The Bertz CT molecular complexity index is 900. The van der Waals surface area contributed by atoms with Crippen LogP contribution in [0.15, 0.2) is 24.3 Å². The molecule has 0 radical (unpaired) electrons. The number of rotatable bonds is 9. The second kappa shape index (κ2) is 19.2. The number of carbonyl (C=O) groups is 6. The summed E-state index contributed by atoms with van der Waals surface area (Å²) in [4.78, 5) is 68.6. The molecule has 0 spiro atoms. The van der Waals surface area contributed by atoms with E-state index in [2.05, 4.69) is 14.2 Å². The summed E-state index contributed by atoms with van der Waals surface area (Å²) in [7, 11) is 0. The van der Waals surface area contributed by atoms with Gasteiger partial charge in [-0.15, -0.1) is 0 Å². The SMILES string of the molecule is CC(C)Cc1ccc(C(C)C(=O)OC(=O)C(O)(CC(=O)OC(=O)[O-])CC(=O)OC(=O)[O-])cc1.O.O.[Na+].[Na+]. The molecule has 0 bridgehead atoms. The fourth-order valence-corrected chi connectivity index (χ4v) is 2.77. The first kappa shape index (κ1) is 42.2. The zero-order chi connectivity index (χ0) is 25.3. The van der Waals surface area contributed by atoms with Crippen LogP contribution in [0.1, 0.15) is 50.7 Å². The summed E-state index contributed by atoms with van der Waals surface area (Å²) in [5.41, 5.74) is -1.72. The van der Waals surface area contributed by atoms with Crippen LogP contribution in [0.4, 0.5) is 9.59 Å².